The van der Waals surface area contributed by atoms with Crippen LogP contribution in [0.5, 0.6) is 0 Å². The van der Waals surface area contributed by atoms with Gasteiger partial charge in [0, 0.05) is 28.4 Å². The highest BCUT2D eigenvalue weighted by atomic mass is 32.2. The maximum Gasteiger partial charge on any atom is 0.236 e. The van der Waals surface area contributed by atoms with E-state index in [1.54, 1.807) is 6.07 Å². The lowest BCUT2D eigenvalue weighted by atomic mass is 10.1. The number of hydrogen-bond donors (Lipinski definition) is 2. The molecule has 0 spiro atoms. The Bertz CT molecular complexity index is 949. The van der Waals surface area contributed by atoms with Crippen LogP contribution in [-0.2, 0) is 10.5 Å². The Balaban J connectivity index is 1.61. The van der Waals surface area contributed by atoms with Crippen LogP contribution < -0.4 is 10.7 Å². The number of aromatic amines is 1. The maximum atomic E-state index is 12.1. The minimum absolute atomic E-state index is 0.00635. The summed E-state index contributed by atoms with van der Waals surface area (Å²) in [5.74, 6) is 0.712. The van der Waals surface area contributed by atoms with Crippen molar-refractivity contribution in [1.29, 1.82) is 0 Å². The summed E-state index contributed by atoms with van der Waals surface area (Å²) in [6, 6.07) is 7.30. The van der Waals surface area contributed by atoms with Crippen LogP contribution in [0.15, 0.2) is 29.1 Å². The van der Waals surface area contributed by atoms with Crippen molar-refractivity contribution in [1.82, 2.24) is 15.2 Å². The summed E-state index contributed by atoms with van der Waals surface area (Å²) in [5, 5.41) is 12.4. The predicted molar refractivity (Wildman–Crippen MR) is 98.7 cm³/mol. The van der Waals surface area contributed by atoms with E-state index in [0.717, 1.165) is 21.8 Å². The average molecular weight is 360 g/mol. The molecule has 2 aromatic heterocycles. The van der Waals surface area contributed by atoms with Crippen molar-refractivity contribution in [2.24, 2.45) is 0 Å². The molecule has 0 saturated carbocycles. The van der Waals surface area contributed by atoms with E-state index in [1.807, 2.05) is 32.0 Å². The SMILES string of the molecule is Cc1ccc2c(=O)cc(CSCC(=O)Nc3nnc(C)s3)[nH]c2c1. The number of carbonyl (C=O) groups is 1. The highest BCUT2D eigenvalue weighted by Crippen LogP contribution is 2.16. The molecular weight excluding hydrogens is 344 g/mol. The first-order valence-corrected chi connectivity index (χ1v) is 9.28. The fourth-order valence-corrected chi connectivity index (χ4v) is 3.60. The number of fused-ring (bicyclic) bond motifs is 1. The molecule has 0 unspecified atom stereocenters. The molecule has 1 aromatic carbocycles. The molecule has 0 saturated heterocycles. The van der Waals surface area contributed by atoms with Crippen LogP contribution >= 0.6 is 23.1 Å². The number of nitrogens with one attached hydrogen (secondary N) is 2. The largest absolute Gasteiger partial charge is 0.357 e. The summed E-state index contributed by atoms with van der Waals surface area (Å²) in [6.45, 7) is 3.82. The average Bonchev–Trinajstić information content (AvgIpc) is 2.91. The van der Waals surface area contributed by atoms with Crippen molar-refractivity contribution >= 4 is 45.0 Å². The van der Waals surface area contributed by atoms with Crippen LogP contribution in [0.3, 0.4) is 0 Å². The number of carbonyl (C=O) groups excluding carboxylic acids is 1. The molecule has 8 heteroatoms. The van der Waals surface area contributed by atoms with Gasteiger partial charge in [0.05, 0.1) is 5.75 Å². The number of rotatable bonds is 5. The predicted octanol–water partition coefficient (Wildman–Crippen LogP) is 2.87. The van der Waals surface area contributed by atoms with Crippen LogP contribution in [0.25, 0.3) is 10.9 Å². The lowest BCUT2D eigenvalue weighted by molar-refractivity contribution is -0.113. The first-order valence-electron chi connectivity index (χ1n) is 7.31. The summed E-state index contributed by atoms with van der Waals surface area (Å²) < 4.78 is 0. The molecule has 0 atom stereocenters. The zero-order valence-electron chi connectivity index (χ0n) is 13.3. The molecule has 0 aliphatic carbocycles. The Morgan fingerprint density at radius 1 is 1.29 bits per heavy atom. The van der Waals surface area contributed by atoms with Crippen molar-refractivity contribution in [2.75, 3.05) is 11.1 Å². The van der Waals surface area contributed by atoms with Crippen molar-refractivity contribution < 1.29 is 4.79 Å². The van der Waals surface area contributed by atoms with E-state index in [2.05, 4.69) is 20.5 Å². The zero-order chi connectivity index (χ0) is 17.1. The number of benzene rings is 1. The lowest BCUT2D eigenvalue weighted by Crippen LogP contribution is -2.14. The second-order valence-corrected chi connectivity index (χ2v) is 7.54. The molecular formula is C16H16N4O2S2. The van der Waals surface area contributed by atoms with Crippen molar-refractivity contribution in [2.45, 2.75) is 19.6 Å². The third kappa shape index (κ3) is 4.01. The molecule has 0 fully saturated rings. The molecule has 3 rings (SSSR count). The van der Waals surface area contributed by atoms with E-state index in [1.165, 1.54) is 23.1 Å². The highest BCUT2D eigenvalue weighted by Gasteiger charge is 2.08. The van der Waals surface area contributed by atoms with Gasteiger partial charge in [-0.3, -0.25) is 14.9 Å². The molecule has 0 radical (unpaired) electrons. The summed E-state index contributed by atoms with van der Waals surface area (Å²) in [4.78, 5) is 27.3. The second-order valence-electron chi connectivity index (χ2n) is 5.38. The molecule has 0 bridgehead atoms. The van der Waals surface area contributed by atoms with E-state index >= 15 is 0 Å². The number of aryl methyl sites for hydroxylation is 2. The van der Waals surface area contributed by atoms with Gasteiger partial charge in [-0.15, -0.1) is 22.0 Å². The lowest BCUT2D eigenvalue weighted by Gasteiger charge is -2.05. The smallest absolute Gasteiger partial charge is 0.236 e. The van der Waals surface area contributed by atoms with Crippen molar-refractivity contribution in [3.8, 4) is 0 Å². The van der Waals surface area contributed by atoms with Crippen LogP contribution in [0, 0.1) is 13.8 Å². The summed E-state index contributed by atoms with van der Waals surface area (Å²) in [7, 11) is 0. The summed E-state index contributed by atoms with van der Waals surface area (Å²) in [5.41, 5.74) is 2.72. The minimum Gasteiger partial charge on any atom is -0.357 e. The Labute approximate surface area is 146 Å². The van der Waals surface area contributed by atoms with E-state index in [9.17, 15) is 9.59 Å². The fourth-order valence-electron chi connectivity index (χ4n) is 2.26. The van der Waals surface area contributed by atoms with Crippen LogP contribution in [-0.4, -0.2) is 26.8 Å². The molecule has 1 amide bonds. The zero-order valence-corrected chi connectivity index (χ0v) is 14.9. The normalized spacial score (nSPS) is 10.9. The van der Waals surface area contributed by atoms with Gasteiger partial charge < -0.3 is 4.98 Å². The molecule has 2 heterocycles. The molecule has 124 valence electrons. The molecule has 2 N–H and O–H groups in total. The van der Waals surface area contributed by atoms with E-state index in [-0.39, 0.29) is 17.1 Å². The van der Waals surface area contributed by atoms with Gasteiger partial charge >= 0.3 is 0 Å². The number of pyridine rings is 1. The van der Waals surface area contributed by atoms with Crippen molar-refractivity contribution in [3.63, 3.8) is 0 Å². The van der Waals surface area contributed by atoms with Crippen LogP contribution in [0.2, 0.25) is 0 Å². The van der Waals surface area contributed by atoms with Crippen LogP contribution in [0.4, 0.5) is 5.13 Å². The number of amides is 1. The number of aromatic nitrogens is 3. The third-order valence-electron chi connectivity index (χ3n) is 3.30. The standard InChI is InChI=1S/C16H16N4O2S2/c1-9-3-4-12-13(5-9)17-11(6-14(12)21)7-23-8-15(22)18-16-20-19-10(2)24-16/h3-6H,7-8H2,1-2H3,(H,17,21)(H,18,20,22). The molecule has 0 aliphatic heterocycles. The number of H-pyrrole nitrogens is 1. The highest BCUT2D eigenvalue weighted by molar-refractivity contribution is 7.99. The first kappa shape index (κ1) is 16.7. The maximum absolute atomic E-state index is 12.1. The molecule has 3 aromatic rings. The van der Waals surface area contributed by atoms with Gasteiger partial charge in [0.15, 0.2) is 5.43 Å². The molecule has 0 aliphatic rings. The molecule has 24 heavy (non-hydrogen) atoms. The Hall–Kier alpha value is -2.19. The Morgan fingerprint density at radius 2 is 2.12 bits per heavy atom. The summed E-state index contributed by atoms with van der Waals surface area (Å²) >= 11 is 2.78. The number of nitrogens with zero attached hydrogens (tertiary/aromatic N) is 2. The van der Waals surface area contributed by atoms with E-state index < -0.39 is 0 Å². The quantitative estimate of drug-likeness (QED) is 0.730. The third-order valence-corrected chi connectivity index (χ3v) is 5.04. The van der Waals surface area contributed by atoms with E-state index in [0.29, 0.717) is 16.3 Å². The van der Waals surface area contributed by atoms with Crippen molar-refractivity contribution in [3.05, 3.63) is 50.8 Å². The van der Waals surface area contributed by atoms with Crippen LogP contribution in [0.1, 0.15) is 16.3 Å². The second kappa shape index (κ2) is 7.14. The summed E-state index contributed by atoms with van der Waals surface area (Å²) in [6.07, 6.45) is 0. The number of thioether (sulfide) groups is 1. The minimum atomic E-state index is -0.130. The van der Waals surface area contributed by atoms with Gasteiger partial charge in [-0.05, 0) is 31.5 Å². The monoisotopic (exact) mass is 360 g/mol. The van der Waals surface area contributed by atoms with Gasteiger partial charge in [-0.1, -0.05) is 17.4 Å². The topological polar surface area (TPSA) is 87.7 Å². The van der Waals surface area contributed by atoms with Gasteiger partial charge in [-0.2, -0.15) is 0 Å². The molecule has 6 nitrogen and oxygen atoms in total. The Morgan fingerprint density at radius 3 is 2.88 bits per heavy atom. The number of hydrogen-bond acceptors (Lipinski definition) is 6. The van der Waals surface area contributed by atoms with Gasteiger partial charge in [0.2, 0.25) is 11.0 Å². The van der Waals surface area contributed by atoms with Gasteiger partial charge in [0.1, 0.15) is 5.01 Å². The fraction of sp³-hybridized carbons (Fsp3) is 0.250. The Kier molecular flexibility index (Phi) is 4.96. The van der Waals surface area contributed by atoms with E-state index in [4.69, 9.17) is 0 Å². The number of anilines is 1. The van der Waals surface area contributed by atoms with Gasteiger partial charge in [0.25, 0.3) is 0 Å². The first-order chi connectivity index (χ1) is 11.5. The van der Waals surface area contributed by atoms with Gasteiger partial charge in [-0.25, -0.2) is 0 Å².